The number of nitrogens with zero attached hydrogens (tertiary/aromatic N) is 1. The van der Waals surface area contributed by atoms with Gasteiger partial charge in [-0.15, -0.1) is 0 Å². The highest BCUT2D eigenvalue weighted by molar-refractivity contribution is 5.69. The Hall–Kier alpha value is -1.51. The zero-order valence-corrected chi connectivity index (χ0v) is 10.9. The number of carbonyl (C=O) groups excluding carboxylic acids is 1. The lowest BCUT2D eigenvalue weighted by atomic mass is 10.2. The van der Waals surface area contributed by atoms with E-state index >= 15 is 0 Å². The summed E-state index contributed by atoms with van der Waals surface area (Å²) in [5.74, 6) is -0.134. The molecule has 0 aromatic heterocycles. The maximum Gasteiger partial charge on any atom is 0.305 e. The van der Waals surface area contributed by atoms with Gasteiger partial charge in [-0.2, -0.15) is 0 Å². The zero-order valence-electron chi connectivity index (χ0n) is 10.9. The third-order valence-corrected chi connectivity index (χ3v) is 2.82. The third kappa shape index (κ3) is 4.47. The maximum atomic E-state index is 11.0. The first kappa shape index (κ1) is 13.6. The fourth-order valence-electron chi connectivity index (χ4n) is 1.74. The van der Waals surface area contributed by atoms with Gasteiger partial charge in [0.15, 0.2) is 0 Å². The summed E-state index contributed by atoms with van der Waals surface area (Å²) < 4.78 is 4.63. The lowest BCUT2D eigenvalue weighted by Gasteiger charge is -2.23. The molecular weight excluding hydrogens is 214 g/mol. The number of aryl methyl sites for hydroxylation is 1. The van der Waals surface area contributed by atoms with E-state index in [9.17, 15) is 4.79 Å². The molecule has 0 aliphatic heterocycles. The monoisotopic (exact) mass is 235 g/mol. The lowest BCUT2D eigenvalue weighted by molar-refractivity contribution is -0.140. The summed E-state index contributed by atoms with van der Waals surface area (Å²) in [6.07, 6.45) is 1.31. The van der Waals surface area contributed by atoms with Crippen LogP contribution in [0, 0.1) is 6.92 Å². The van der Waals surface area contributed by atoms with E-state index in [1.807, 2.05) is 0 Å². The molecule has 0 bridgehead atoms. The van der Waals surface area contributed by atoms with Crippen LogP contribution in [0.1, 0.15) is 25.3 Å². The molecule has 94 valence electrons. The first-order chi connectivity index (χ1) is 8.17. The summed E-state index contributed by atoms with van der Waals surface area (Å²) >= 11 is 0. The van der Waals surface area contributed by atoms with Gasteiger partial charge in [-0.25, -0.2) is 0 Å². The molecule has 0 amide bonds. The Bertz CT molecular complexity index is 346. The normalized spacial score (nSPS) is 10.1. The molecule has 0 saturated heterocycles. The van der Waals surface area contributed by atoms with Gasteiger partial charge in [-0.3, -0.25) is 4.79 Å². The van der Waals surface area contributed by atoms with Crippen molar-refractivity contribution in [2.75, 3.05) is 25.1 Å². The van der Waals surface area contributed by atoms with Crippen molar-refractivity contribution in [3.05, 3.63) is 29.8 Å². The number of benzene rings is 1. The van der Waals surface area contributed by atoms with Crippen molar-refractivity contribution in [2.45, 2.75) is 26.7 Å². The van der Waals surface area contributed by atoms with Gasteiger partial charge >= 0.3 is 5.97 Å². The van der Waals surface area contributed by atoms with E-state index < -0.39 is 0 Å². The number of ether oxygens (including phenoxy) is 1. The largest absolute Gasteiger partial charge is 0.469 e. The fraction of sp³-hybridized carbons (Fsp3) is 0.500. The third-order valence-electron chi connectivity index (χ3n) is 2.82. The van der Waals surface area contributed by atoms with E-state index in [4.69, 9.17) is 0 Å². The average molecular weight is 235 g/mol. The molecular formula is C14H21NO2. The van der Waals surface area contributed by atoms with Crippen molar-refractivity contribution in [1.29, 1.82) is 0 Å². The predicted molar refractivity (Wildman–Crippen MR) is 70.3 cm³/mol. The minimum absolute atomic E-state index is 0.134. The molecule has 1 rings (SSSR count). The van der Waals surface area contributed by atoms with Gasteiger partial charge in [-0.1, -0.05) is 17.7 Å². The van der Waals surface area contributed by atoms with Gasteiger partial charge < -0.3 is 9.64 Å². The molecule has 0 fully saturated rings. The number of anilines is 1. The summed E-state index contributed by atoms with van der Waals surface area (Å²) in [5.41, 5.74) is 2.47. The van der Waals surface area contributed by atoms with Gasteiger partial charge in [0.1, 0.15) is 0 Å². The Balaban J connectivity index is 2.48. The SMILES string of the molecule is CCN(CCCC(=O)OC)c1ccc(C)cc1. The number of methoxy groups -OCH3 is 1. The molecule has 0 radical (unpaired) electrons. The zero-order chi connectivity index (χ0) is 12.7. The Morgan fingerprint density at radius 3 is 2.47 bits per heavy atom. The molecule has 0 heterocycles. The molecule has 1 aromatic carbocycles. The first-order valence-electron chi connectivity index (χ1n) is 6.05. The molecule has 0 aliphatic carbocycles. The summed E-state index contributed by atoms with van der Waals surface area (Å²) in [6.45, 7) is 6.04. The standard InChI is InChI=1S/C14H21NO2/c1-4-15(11-5-6-14(16)17-3)13-9-7-12(2)8-10-13/h7-10H,4-6,11H2,1-3H3. The topological polar surface area (TPSA) is 29.5 Å². The van der Waals surface area contributed by atoms with Crippen LogP contribution in [0.25, 0.3) is 0 Å². The minimum Gasteiger partial charge on any atom is -0.469 e. The van der Waals surface area contributed by atoms with Crippen molar-refractivity contribution in [3.63, 3.8) is 0 Å². The van der Waals surface area contributed by atoms with E-state index in [0.29, 0.717) is 6.42 Å². The summed E-state index contributed by atoms with van der Waals surface area (Å²) in [7, 11) is 1.43. The molecule has 0 aliphatic rings. The van der Waals surface area contributed by atoms with Crippen LogP contribution in [-0.4, -0.2) is 26.2 Å². The number of carbonyl (C=O) groups is 1. The van der Waals surface area contributed by atoms with Crippen LogP contribution in [0.15, 0.2) is 24.3 Å². The van der Waals surface area contributed by atoms with Crippen LogP contribution in [0.3, 0.4) is 0 Å². The van der Waals surface area contributed by atoms with Crippen LogP contribution in [0.4, 0.5) is 5.69 Å². The van der Waals surface area contributed by atoms with Crippen molar-refractivity contribution < 1.29 is 9.53 Å². The molecule has 3 heteroatoms. The summed E-state index contributed by atoms with van der Waals surface area (Å²) in [5, 5.41) is 0. The molecule has 0 unspecified atom stereocenters. The smallest absolute Gasteiger partial charge is 0.305 e. The van der Waals surface area contributed by atoms with E-state index in [0.717, 1.165) is 19.5 Å². The second-order valence-electron chi connectivity index (χ2n) is 4.09. The van der Waals surface area contributed by atoms with E-state index in [2.05, 4.69) is 47.7 Å². The number of hydrogen-bond donors (Lipinski definition) is 0. The quantitative estimate of drug-likeness (QED) is 0.710. The molecule has 1 aromatic rings. The molecule has 0 saturated carbocycles. The number of rotatable bonds is 6. The Kier molecular flexibility index (Phi) is 5.53. The lowest BCUT2D eigenvalue weighted by Crippen LogP contribution is -2.24. The highest BCUT2D eigenvalue weighted by Gasteiger charge is 2.05. The van der Waals surface area contributed by atoms with Crippen LogP contribution in [0.2, 0.25) is 0 Å². The Labute approximate surface area is 103 Å². The average Bonchev–Trinajstić information content (AvgIpc) is 2.35. The molecule has 0 atom stereocenters. The molecule has 17 heavy (non-hydrogen) atoms. The highest BCUT2D eigenvalue weighted by atomic mass is 16.5. The van der Waals surface area contributed by atoms with Crippen LogP contribution < -0.4 is 4.90 Å². The molecule has 3 nitrogen and oxygen atoms in total. The van der Waals surface area contributed by atoms with E-state index in [-0.39, 0.29) is 5.97 Å². The Morgan fingerprint density at radius 1 is 1.29 bits per heavy atom. The second-order valence-corrected chi connectivity index (χ2v) is 4.09. The fourth-order valence-corrected chi connectivity index (χ4v) is 1.74. The van der Waals surface area contributed by atoms with Gasteiger partial charge in [0.2, 0.25) is 0 Å². The van der Waals surface area contributed by atoms with Crippen LogP contribution in [0.5, 0.6) is 0 Å². The minimum atomic E-state index is -0.134. The summed E-state index contributed by atoms with van der Waals surface area (Å²) in [6, 6.07) is 8.46. The van der Waals surface area contributed by atoms with Crippen molar-refractivity contribution in [2.24, 2.45) is 0 Å². The number of esters is 1. The molecule has 0 N–H and O–H groups in total. The second kappa shape index (κ2) is 6.94. The maximum absolute atomic E-state index is 11.0. The van der Waals surface area contributed by atoms with Crippen molar-refractivity contribution >= 4 is 11.7 Å². The van der Waals surface area contributed by atoms with E-state index in [1.54, 1.807) is 0 Å². The van der Waals surface area contributed by atoms with Gasteiger partial charge in [-0.05, 0) is 32.4 Å². The van der Waals surface area contributed by atoms with Crippen molar-refractivity contribution in [3.8, 4) is 0 Å². The summed E-state index contributed by atoms with van der Waals surface area (Å²) in [4.78, 5) is 13.3. The van der Waals surface area contributed by atoms with Gasteiger partial charge in [0.05, 0.1) is 7.11 Å². The highest BCUT2D eigenvalue weighted by Crippen LogP contribution is 2.15. The molecule has 0 spiro atoms. The predicted octanol–water partition coefficient (Wildman–Crippen LogP) is 2.77. The number of hydrogen-bond acceptors (Lipinski definition) is 3. The van der Waals surface area contributed by atoms with Crippen molar-refractivity contribution in [1.82, 2.24) is 0 Å². The van der Waals surface area contributed by atoms with Crippen LogP contribution >= 0.6 is 0 Å². The van der Waals surface area contributed by atoms with Crippen LogP contribution in [-0.2, 0) is 9.53 Å². The van der Waals surface area contributed by atoms with Gasteiger partial charge in [0, 0.05) is 25.2 Å². The van der Waals surface area contributed by atoms with E-state index in [1.165, 1.54) is 18.4 Å². The first-order valence-corrected chi connectivity index (χ1v) is 6.05. The Morgan fingerprint density at radius 2 is 1.94 bits per heavy atom. The van der Waals surface area contributed by atoms with Gasteiger partial charge in [0.25, 0.3) is 0 Å².